The Hall–Kier alpha value is -2.63. The molecule has 2 aromatic rings. The Labute approximate surface area is 128 Å². The summed E-state index contributed by atoms with van der Waals surface area (Å²) in [5.41, 5.74) is 2.07. The van der Waals surface area contributed by atoms with E-state index in [1.165, 1.54) is 0 Å². The van der Waals surface area contributed by atoms with Crippen molar-refractivity contribution >= 4 is 11.9 Å². The fraction of sp³-hybridized carbons (Fsp3) is 0.312. The molecule has 1 aromatic carbocycles. The molecular weight excluding hydrogens is 282 g/mol. The summed E-state index contributed by atoms with van der Waals surface area (Å²) in [4.78, 5) is 22.7. The third kappa shape index (κ3) is 3.94. The normalized spacial score (nSPS) is 11.9. The Morgan fingerprint density at radius 3 is 2.64 bits per heavy atom. The third-order valence-corrected chi connectivity index (χ3v) is 3.25. The van der Waals surface area contributed by atoms with Gasteiger partial charge in [0, 0.05) is 18.7 Å². The summed E-state index contributed by atoms with van der Waals surface area (Å²) >= 11 is 0. The molecule has 0 aliphatic rings. The van der Waals surface area contributed by atoms with E-state index in [-0.39, 0.29) is 18.2 Å². The lowest BCUT2D eigenvalue weighted by molar-refractivity contribution is -0.137. The Kier molecular flexibility index (Phi) is 4.93. The van der Waals surface area contributed by atoms with Gasteiger partial charge in [-0.25, -0.2) is 4.68 Å². The number of aliphatic carboxylic acids is 1. The number of para-hydroxylation sites is 1. The number of hydrogen-bond donors (Lipinski definition) is 2. The summed E-state index contributed by atoms with van der Waals surface area (Å²) in [6.07, 6.45) is 0.0256. The fourth-order valence-corrected chi connectivity index (χ4v) is 2.14. The van der Waals surface area contributed by atoms with Gasteiger partial charge in [0.05, 0.1) is 5.69 Å². The van der Waals surface area contributed by atoms with Crippen LogP contribution in [0.25, 0.3) is 5.69 Å². The summed E-state index contributed by atoms with van der Waals surface area (Å²) in [5.74, 6) is -1.29. The van der Waals surface area contributed by atoms with Crippen molar-refractivity contribution in [3.8, 4) is 5.69 Å². The Morgan fingerprint density at radius 1 is 1.32 bits per heavy atom. The lowest BCUT2D eigenvalue weighted by Gasteiger charge is -2.09. The van der Waals surface area contributed by atoms with Crippen molar-refractivity contribution in [1.29, 1.82) is 0 Å². The number of rotatable bonds is 6. The summed E-state index contributed by atoms with van der Waals surface area (Å²) in [7, 11) is 0. The van der Waals surface area contributed by atoms with Crippen molar-refractivity contribution in [3.05, 3.63) is 47.8 Å². The van der Waals surface area contributed by atoms with Gasteiger partial charge in [-0.1, -0.05) is 25.1 Å². The van der Waals surface area contributed by atoms with E-state index in [2.05, 4.69) is 10.4 Å². The van der Waals surface area contributed by atoms with Crippen LogP contribution in [0.5, 0.6) is 0 Å². The number of carboxylic acid groups (broad SMARTS) is 1. The molecule has 0 bridgehead atoms. The molecule has 2 N–H and O–H groups in total. The van der Waals surface area contributed by atoms with Gasteiger partial charge in [0.25, 0.3) is 5.91 Å². The number of nitrogens with zero attached hydrogens (tertiary/aromatic N) is 2. The molecule has 0 aliphatic carbocycles. The number of carboxylic acids is 1. The predicted molar refractivity (Wildman–Crippen MR) is 82.1 cm³/mol. The zero-order valence-corrected chi connectivity index (χ0v) is 12.6. The number of aryl methyl sites for hydroxylation is 1. The zero-order chi connectivity index (χ0) is 16.1. The molecule has 0 fully saturated rings. The van der Waals surface area contributed by atoms with Crippen LogP contribution >= 0.6 is 0 Å². The molecule has 1 heterocycles. The highest BCUT2D eigenvalue weighted by atomic mass is 16.4. The van der Waals surface area contributed by atoms with Gasteiger partial charge < -0.3 is 10.4 Å². The van der Waals surface area contributed by atoms with Crippen LogP contribution in [0.4, 0.5) is 0 Å². The van der Waals surface area contributed by atoms with Crippen LogP contribution in [0.2, 0.25) is 0 Å². The minimum atomic E-state index is -0.869. The smallest absolute Gasteiger partial charge is 0.303 e. The van der Waals surface area contributed by atoms with E-state index in [0.717, 1.165) is 11.4 Å². The van der Waals surface area contributed by atoms with Crippen molar-refractivity contribution in [2.75, 3.05) is 6.54 Å². The molecule has 6 nitrogen and oxygen atoms in total. The van der Waals surface area contributed by atoms with Crippen LogP contribution in [-0.2, 0) is 4.79 Å². The quantitative estimate of drug-likeness (QED) is 0.855. The van der Waals surface area contributed by atoms with E-state index < -0.39 is 5.97 Å². The first kappa shape index (κ1) is 15.8. The minimum absolute atomic E-state index is 0.0256. The molecular formula is C16H19N3O3. The topological polar surface area (TPSA) is 84.2 Å². The number of carbonyl (C=O) groups excluding carboxylic acids is 1. The number of aromatic nitrogens is 2. The molecule has 0 radical (unpaired) electrons. The van der Waals surface area contributed by atoms with Crippen molar-refractivity contribution in [2.45, 2.75) is 20.3 Å². The first-order valence-electron chi connectivity index (χ1n) is 7.09. The van der Waals surface area contributed by atoms with Gasteiger partial charge >= 0.3 is 5.97 Å². The maximum Gasteiger partial charge on any atom is 0.303 e. The Bertz CT molecular complexity index is 665. The first-order chi connectivity index (χ1) is 10.5. The molecule has 2 rings (SSSR count). The van der Waals surface area contributed by atoms with Gasteiger partial charge in [0.15, 0.2) is 5.69 Å². The monoisotopic (exact) mass is 301 g/mol. The number of hydrogen-bond acceptors (Lipinski definition) is 3. The van der Waals surface area contributed by atoms with Gasteiger partial charge in [0.1, 0.15) is 0 Å². The van der Waals surface area contributed by atoms with Crippen LogP contribution in [0.1, 0.15) is 29.5 Å². The molecule has 0 saturated heterocycles. The van der Waals surface area contributed by atoms with Gasteiger partial charge in [0.2, 0.25) is 0 Å². The molecule has 1 aromatic heterocycles. The number of benzene rings is 1. The molecule has 0 aliphatic heterocycles. The van der Waals surface area contributed by atoms with Crippen molar-refractivity contribution < 1.29 is 14.7 Å². The highest BCUT2D eigenvalue weighted by Gasteiger charge is 2.15. The molecule has 1 amide bonds. The van der Waals surface area contributed by atoms with Crippen molar-refractivity contribution in [1.82, 2.24) is 15.1 Å². The van der Waals surface area contributed by atoms with Crippen LogP contribution < -0.4 is 5.32 Å². The average molecular weight is 301 g/mol. The fourth-order valence-electron chi connectivity index (χ4n) is 2.14. The molecule has 22 heavy (non-hydrogen) atoms. The van der Waals surface area contributed by atoms with Crippen LogP contribution in [0.3, 0.4) is 0 Å². The molecule has 0 saturated carbocycles. The van der Waals surface area contributed by atoms with E-state index in [1.807, 2.05) is 37.3 Å². The second-order valence-corrected chi connectivity index (χ2v) is 5.33. The van der Waals surface area contributed by atoms with Gasteiger partial charge in [-0.15, -0.1) is 0 Å². The standard InChI is InChI=1S/C16H19N3O3/c1-11(8-15(20)21)10-17-16(22)14-9-12(2)19(18-14)13-6-4-3-5-7-13/h3-7,9,11H,8,10H2,1-2H3,(H,17,22)(H,20,21). The highest BCUT2D eigenvalue weighted by molar-refractivity contribution is 5.92. The van der Waals surface area contributed by atoms with E-state index >= 15 is 0 Å². The average Bonchev–Trinajstić information content (AvgIpc) is 2.87. The van der Waals surface area contributed by atoms with Gasteiger partial charge in [-0.05, 0) is 31.0 Å². The van der Waals surface area contributed by atoms with Crippen LogP contribution in [-0.4, -0.2) is 33.3 Å². The summed E-state index contributed by atoms with van der Waals surface area (Å²) in [6, 6.07) is 11.3. The van der Waals surface area contributed by atoms with Gasteiger partial charge in [-0.2, -0.15) is 5.10 Å². The second kappa shape index (κ2) is 6.89. The SMILES string of the molecule is Cc1cc(C(=O)NCC(C)CC(=O)O)nn1-c1ccccc1. The largest absolute Gasteiger partial charge is 0.481 e. The molecule has 116 valence electrons. The van der Waals surface area contributed by atoms with Crippen molar-refractivity contribution in [3.63, 3.8) is 0 Å². The van der Waals surface area contributed by atoms with Gasteiger partial charge in [-0.3, -0.25) is 9.59 Å². The second-order valence-electron chi connectivity index (χ2n) is 5.33. The number of carbonyl (C=O) groups is 2. The summed E-state index contributed by atoms with van der Waals surface area (Å²) in [6.45, 7) is 3.97. The maximum absolute atomic E-state index is 12.1. The first-order valence-corrected chi connectivity index (χ1v) is 7.09. The van der Waals surface area contributed by atoms with E-state index in [1.54, 1.807) is 17.7 Å². The summed E-state index contributed by atoms with van der Waals surface area (Å²) in [5, 5.41) is 15.7. The summed E-state index contributed by atoms with van der Waals surface area (Å²) < 4.78 is 1.70. The predicted octanol–water partition coefficient (Wildman–Crippen LogP) is 2.02. The molecule has 1 atom stereocenters. The number of amides is 1. The van der Waals surface area contributed by atoms with E-state index in [0.29, 0.717) is 12.2 Å². The lowest BCUT2D eigenvalue weighted by atomic mass is 10.1. The molecule has 0 spiro atoms. The lowest BCUT2D eigenvalue weighted by Crippen LogP contribution is -2.29. The Balaban J connectivity index is 2.04. The van der Waals surface area contributed by atoms with E-state index in [4.69, 9.17) is 5.11 Å². The third-order valence-electron chi connectivity index (χ3n) is 3.25. The Morgan fingerprint density at radius 2 is 2.00 bits per heavy atom. The molecule has 6 heteroatoms. The number of nitrogens with one attached hydrogen (secondary N) is 1. The molecule has 1 unspecified atom stereocenters. The minimum Gasteiger partial charge on any atom is -0.481 e. The van der Waals surface area contributed by atoms with Crippen molar-refractivity contribution in [2.24, 2.45) is 5.92 Å². The van der Waals surface area contributed by atoms with Crippen LogP contribution in [0, 0.1) is 12.8 Å². The maximum atomic E-state index is 12.1. The zero-order valence-electron chi connectivity index (χ0n) is 12.6. The van der Waals surface area contributed by atoms with E-state index in [9.17, 15) is 9.59 Å². The van der Waals surface area contributed by atoms with Crippen LogP contribution in [0.15, 0.2) is 36.4 Å². The highest BCUT2D eigenvalue weighted by Crippen LogP contribution is 2.11.